The summed E-state index contributed by atoms with van der Waals surface area (Å²) in [4.78, 5) is -1.29. The van der Waals surface area contributed by atoms with Crippen LogP contribution in [0.3, 0.4) is 0 Å². The molecular weight excluding hydrogens is 406 g/mol. The Bertz CT molecular complexity index is 585. The first-order valence-corrected chi connectivity index (χ1v) is 7.84. The van der Waals surface area contributed by atoms with Crippen LogP contribution in [-0.4, -0.2) is 25.9 Å². The third kappa shape index (κ3) is 5.29. The van der Waals surface area contributed by atoms with Crippen molar-refractivity contribution < 1.29 is 63.7 Å². The molecule has 0 aromatic heterocycles. The molecule has 1 aromatic rings. The number of benzene rings is 1. The van der Waals surface area contributed by atoms with Gasteiger partial charge in [-0.2, -0.15) is 0 Å². The summed E-state index contributed by atoms with van der Waals surface area (Å²) in [5, 5.41) is 0. The van der Waals surface area contributed by atoms with Gasteiger partial charge in [0.2, 0.25) is 0 Å². The Morgan fingerprint density at radius 3 is 1.17 bits per heavy atom. The summed E-state index contributed by atoms with van der Waals surface area (Å²) in [6.45, 7) is 0. The van der Waals surface area contributed by atoms with Gasteiger partial charge in [-0.3, -0.25) is 0 Å². The zero-order valence-corrected chi connectivity index (χ0v) is 14.0. The normalized spacial score (nSPS) is 11.3. The predicted octanol–water partition coefficient (Wildman–Crippen LogP) is -4.97. The molecule has 0 heterocycles. The van der Waals surface area contributed by atoms with Crippen LogP contribution in [0.4, 0.5) is 0 Å². The summed E-state index contributed by atoms with van der Waals surface area (Å²) in [5.41, 5.74) is 0. The maximum absolute atomic E-state index is 10.7. The summed E-state index contributed by atoms with van der Waals surface area (Å²) in [6, 6.07) is 1.52. The smallest absolute Gasteiger partial charge is 0.744 e. The summed E-state index contributed by atoms with van der Waals surface area (Å²) in [7, 11) is -9.48. The fraction of sp³-hybridized carbons (Fsp3) is 0. The standard InChI is InChI=1S/C6H4Br2O6S2.2Li/c7-3-1-5(15(9,10)11)4(8)2-6(3)16(12,13)14;;/h1-2H,(H,9,10,11)(H,12,13,14);;/q;2*+1/p-2. The molecule has 6 nitrogen and oxygen atoms in total. The molecule has 0 amide bonds. The molecule has 1 aromatic carbocycles. The van der Waals surface area contributed by atoms with E-state index >= 15 is 0 Å². The third-order valence-corrected chi connectivity index (χ3v) is 5.12. The molecule has 0 aliphatic heterocycles. The van der Waals surface area contributed by atoms with Gasteiger partial charge in [0.05, 0.1) is 9.79 Å². The van der Waals surface area contributed by atoms with E-state index in [9.17, 15) is 25.9 Å². The minimum Gasteiger partial charge on any atom is -0.744 e. The first-order valence-electron chi connectivity index (χ1n) is 3.44. The van der Waals surface area contributed by atoms with Crippen molar-refractivity contribution in [1.82, 2.24) is 0 Å². The number of hydrogen-bond donors (Lipinski definition) is 0. The van der Waals surface area contributed by atoms with E-state index in [1.54, 1.807) is 0 Å². The molecular formula is C6H2Br2Li2O6S2. The minimum absolute atomic E-state index is 0. The van der Waals surface area contributed by atoms with E-state index in [-0.39, 0.29) is 46.7 Å². The van der Waals surface area contributed by atoms with Crippen LogP contribution in [0.15, 0.2) is 30.9 Å². The van der Waals surface area contributed by atoms with E-state index in [0.717, 1.165) is 12.1 Å². The maximum atomic E-state index is 10.7. The van der Waals surface area contributed by atoms with Crippen molar-refractivity contribution in [2.45, 2.75) is 9.79 Å². The Morgan fingerprint density at radius 1 is 0.778 bits per heavy atom. The topological polar surface area (TPSA) is 114 Å². The molecule has 12 heteroatoms. The summed E-state index contributed by atoms with van der Waals surface area (Å²) < 4.78 is 63.8. The van der Waals surface area contributed by atoms with Crippen LogP contribution >= 0.6 is 31.9 Å². The average Bonchev–Trinajstić information content (AvgIpc) is 2.04. The van der Waals surface area contributed by atoms with Crippen molar-refractivity contribution in [3.05, 3.63) is 21.1 Å². The molecule has 18 heavy (non-hydrogen) atoms. The molecule has 0 N–H and O–H groups in total. The number of halogens is 2. The Kier molecular flexibility index (Phi) is 8.69. The van der Waals surface area contributed by atoms with E-state index in [1.807, 2.05) is 0 Å². The van der Waals surface area contributed by atoms with Gasteiger partial charge in [-0.15, -0.1) is 0 Å². The minimum atomic E-state index is -4.74. The first-order chi connectivity index (χ1) is 7.03. The van der Waals surface area contributed by atoms with Crippen molar-refractivity contribution in [3.8, 4) is 0 Å². The molecule has 0 aliphatic carbocycles. The Labute approximate surface area is 145 Å². The van der Waals surface area contributed by atoms with Crippen molar-refractivity contribution in [3.63, 3.8) is 0 Å². The van der Waals surface area contributed by atoms with Gasteiger partial charge in [0, 0.05) is 8.95 Å². The molecule has 0 fully saturated rings. The van der Waals surface area contributed by atoms with Crippen molar-refractivity contribution in [2.75, 3.05) is 0 Å². The Balaban J connectivity index is 0. The van der Waals surface area contributed by atoms with Crippen LogP contribution < -0.4 is 37.7 Å². The van der Waals surface area contributed by atoms with E-state index in [1.165, 1.54) is 0 Å². The van der Waals surface area contributed by atoms with Gasteiger partial charge in [0.25, 0.3) is 0 Å². The fourth-order valence-corrected chi connectivity index (χ4v) is 4.19. The second-order valence-corrected chi connectivity index (χ2v) is 7.03. The van der Waals surface area contributed by atoms with E-state index in [2.05, 4.69) is 31.9 Å². The van der Waals surface area contributed by atoms with Crippen LogP contribution in [0, 0.1) is 0 Å². The Morgan fingerprint density at radius 2 is 1.00 bits per heavy atom. The van der Waals surface area contributed by atoms with Gasteiger partial charge in [-0.05, 0) is 44.0 Å². The molecule has 0 bridgehead atoms. The van der Waals surface area contributed by atoms with E-state index < -0.39 is 30.0 Å². The van der Waals surface area contributed by atoms with Crippen molar-refractivity contribution >= 4 is 52.1 Å². The van der Waals surface area contributed by atoms with Gasteiger partial charge in [0.1, 0.15) is 20.2 Å². The van der Waals surface area contributed by atoms with Crippen LogP contribution in [0.2, 0.25) is 0 Å². The van der Waals surface area contributed by atoms with Gasteiger partial charge in [0.15, 0.2) is 0 Å². The molecule has 0 saturated heterocycles. The second-order valence-electron chi connectivity index (χ2n) is 2.62. The molecule has 0 aliphatic rings. The molecule has 0 atom stereocenters. The van der Waals surface area contributed by atoms with Crippen LogP contribution in [0.1, 0.15) is 0 Å². The maximum Gasteiger partial charge on any atom is 1.00 e. The molecule has 0 radical (unpaired) electrons. The van der Waals surface area contributed by atoms with Gasteiger partial charge in [-0.1, -0.05) is 0 Å². The first kappa shape index (κ1) is 21.5. The van der Waals surface area contributed by atoms with E-state index in [0.29, 0.717) is 0 Å². The van der Waals surface area contributed by atoms with Crippen LogP contribution in [-0.2, 0) is 20.2 Å². The summed E-state index contributed by atoms with van der Waals surface area (Å²) >= 11 is 5.41. The second kappa shape index (κ2) is 7.27. The number of rotatable bonds is 2. The van der Waals surface area contributed by atoms with Crippen molar-refractivity contribution in [1.29, 1.82) is 0 Å². The average molecular weight is 408 g/mol. The van der Waals surface area contributed by atoms with Gasteiger partial charge < -0.3 is 9.11 Å². The van der Waals surface area contributed by atoms with Crippen LogP contribution in [0.25, 0.3) is 0 Å². The molecule has 90 valence electrons. The van der Waals surface area contributed by atoms with E-state index in [4.69, 9.17) is 0 Å². The fourth-order valence-electron chi connectivity index (χ4n) is 0.894. The monoisotopic (exact) mass is 406 g/mol. The molecule has 0 unspecified atom stereocenters. The zero-order chi connectivity index (χ0) is 12.7. The van der Waals surface area contributed by atoms with Gasteiger partial charge in [-0.25, -0.2) is 16.8 Å². The van der Waals surface area contributed by atoms with Crippen molar-refractivity contribution in [2.24, 2.45) is 0 Å². The predicted molar refractivity (Wildman–Crippen MR) is 57.8 cm³/mol. The number of hydrogen-bond acceptors (Lipinski definition) is 6. The Hall–Kier alpha value is 1.19. The summed E-state index contributed by atoms with van der Waals surface area (Å²) in [6.07, 6.45) is 0. The molecule has 0 saturated carbocycles. The SMILES string of the molecule is O=S(=O)([O-])c1cc(Br)c(S(=O)(=O)[O-])cc1Br.[Li+].[Li+]. The zero-order valence-electron chi connectivity index (χ0n) is 9.18. The molecule has 1 rings (SSSR count). The van der Waals surface area contributed by atoms with Crippen LogP contribution in [0.5, 0.6) is 0 Å². The largest absolute Gasteiger partial charge is 1.00 e. The molecule has 0 spiro atoms. The third-order valence-electron chi connectivity index (χ3n) is 1.53. The van der Waals surface area contributed by atoms with Gasteiger partial charge >= 0.3 is 37.7 Å². The quantitative estimate of drug-likeness (QED) is 0.358. The summed E-state index contributed by atoms with van der Waals surface area (Å²) in [5.74, 6) is 0.